The molecule has 1 atom stereocenters. The minimum Gasteiger partial charge on any atom is -0.404 e. The van der Waals surface area contributed by atoms with Gasteiger partial charge in [0.25, 0.3) is 0 Å². The van der Waals surface area contributed by atoms with Crippen LogP contribution in [0, 0.1) is 0 Å². The molecule has 0 aliphatic heterocycles. The molecule has 5 nitrogen and oxygen atoms in total. The van der Waals surface area contributed by atoms with Crippen molar-refractivity contribution < 1.29 is 26.4 Å². The Labute approximate surface area is 181 Å². The third-order valence-electron chi connectivity index (χ3n) is 5.52. The van der Waals surface area contributed by atoms with Crippen LogP contribution in [0.4, 0.5) is 13.2 Å². The molecule has 0 amide bonds. The van der Waals surface area contributed by atoms with Crippen molar-refractivity contribution in [2.24, 2.45) is 5.73 Å². The van der Waals surface area contributed by atoms with E-state index in [1.807, 2.05) is 6.92 Å². The van der Waals surface area contributed by atoms with Gasteiger partial charge in [-0.2, -0.15) is 17.5 Å². The lowest BCUT2D eigenvalue weighted by Gasteiger charge is -2.37. The number of hydrogen-bond acceptors (Lipinski definition) is 4. The Hall–Kier alpha value is -2.13. The molecule has 2 rings (SSSR count). The highest BCUT2D eigenvalue weighted by Crippen LogP contribution is 2.35. The van der Waals surface area contributed by atoms with Crippen LogP contribution in [0.25, 0.3) is 0 Å². The zero-order valence-electron chi connectivity index (χ0n) is 17.9. The smallest absolute Gasteiger partial charge is 0.404 e. The van der Waals surface area contributed by atoms with E-state index in [1.54, 1.807) is 26.0 Å². The average Bonchev–Trinajstić information content (AvgIpc) is 3.10. The van der Waals surface area contributed by atoms with Gasteiger partial charge < -0.3 is 10.5 Å². The summed E-state index contributed by atoms with van der Waals surface area (Å²) in [6.45, 7) is 5.38. The van der Waals surface area contributed by atoms with Gasteiger partial charge in [-0.3, -0.25) is 0 Å². The Kier molecular flexibility index (Phi) is 7.75. The SMILES string of the molecule is CCCN(C(C)(C)C/C=C\C(=C/N)C(F)(F)F)S(=O)(=O)c1ccc2c(c1)C(C=O)CC2. The van der Waals surface area contributed by atoms with Crippen LogP contribution >= 0.6 is 0 Å². The van der Waals surface area contributed by atoms with Gasteiger partial charge in [-0.05, 0) is 62.8 Å². The van der Waals surface area contributed by atoms with E-state index in [0.717, 1.165) is 29.9 Å². The second-order valence-electron chi connectivity index (χ2n) is 8.26. The fraction of sp³-hybridized carbons (Fsp3) is 0.500. The lowest BCUT2D eigenvalue weighted by Crippen LogP contribution is -2.47. The summed E-state index contributed by atoms with van der Waals surface area (Å²) in [4.78, 5) is 11.4. The van der Waals surface area contributed by atoms with Gasteiger partial charge in [0.1, 0.15) is 6.29 Å². The lowest BCUT2D eigenvalue weighted by molar-refractivity contribution is -0.109. The molecule has 0 aromatic heterocycles. The van der Waals surface area contributed by atoms with Crippen LogP contribution in [0.3, 0.4) is 0 Å². The molecule has 0 bridgehead atoms. The third kappa shape index (κ3) is 5.57. The maximum Gasteiger partial charge on any atom is 0.417 e. The Bertz CT molecular complexity index is 967. The van der Waals surface area contributed by atoms with E-state index >= 15 is 0 Å². The monoisotopic (exact) mass is 458 g/mol. The summed E-state index contributed by atoms with van der Waals surface area (Å²) in [7, 11) is -3.94. The number of nitrogens with two attached hydrogens (primary N) is 1. The largest absolute Gasteiger partial charge is 0.417 e. The summed E-state index contributed by atoms with van der Waals surface area (Å²) in [5.74, 6) is -0.315. The molecule has 31 heavy (non-hydrogen) atoms. The Balaban J connectivity index is 2.36. The number of hydrogen-bond donors (Lipinski definition) is 1. The molecule has 172 valence electrons. The maximum atomic E-state index is 13.5. The number of alkyl halides is 3. The first kappa shape index (κ1) is 25.1. The Morgan fingerprint density at radius 2 is 1.97 bits per heavy atom. The van der Waals surface area contributed by atoms with Gasteiger partial charge in [0, 0.05) is 24.2 Å². The molecular weight excluding hydrogens is 429 g/mol. The van der Waals surface area contributed by atoms with Gasteiger partial charge >= 0.3 is 6.18 Å². The van der Waals surface area contributed by atoms with Crippen LogP contribution in [0.2, 0.25) is 0 Å². The molecule has 0 fully saturated rings. The number of fused-ring (bicyclic) bond motifs is 1. The quantitative estimate of drug-likeness (QED) is 0.438. The molecule has 1 aromatic rings. The molecule has 0 heterocycles. The lowest BCUT2D eigenvalue weighted by atomic mass is 9.99. The fourth-order valence-corrected chi connectivity index (χ4v) is 5.73. The van der Waals surface area contributed by atoms with Crippen molar-refractivity contribution in [1.29, 1.82) is 0 Å². The summed E-state index contributed by atoms with van der Waals surface area (Å²) < 4.78 is 66.9. The molecular formula is C22H29F3N2O3S. The molecule has 1 unspecified atom stereocenters. The number of carbonyl (C=O) groups is 1. The first-order valence-electron chi connectivity index (χ1n) is 10.1. The summed E-state index contributed by atoms with van der Waals surface area (Å²) >= 11 is 0. The van der Waals surface area contributed by atoms with Crippen molar-refractivity contribution in [1.82, 2.24) is 4.31 Å². The molecule has 1 aliphatic carbocycles. The topological polar surface area (TPSA) is 80.5 Å². The average molecular weight is 459 g/mol. The predicted octanol–water partition coefficient (Wildman–Crippen LogP) is 4.45. The zero-order chi connectivity index (χ0) is 23.4. The molecule has 0 saturated heterocycles. The normalized spacial score (nSPS) is 18.0. The molecule has 0 radical (unpaired) electrons. The molecule has 0 saturated carbocycles. The predicted molar refractivity (Wildman–Crippen MR) is 114 cm³/mol. The highest BCUT2D eigenvalue weighted by molar-refractivity contribution is 7.89. The summed E-state index contributed by atoms with van der Waals surface area (Å²) in [6.07, 6.45) is 0.869. The van der Waals surface area contributed by atoms with Crippen molar-refractivity contribution >= 4 is 16.3 Å². The van der Waals surface area contributed by atoms with Gasteiger partial charge in [0.05, 0.1) is 10.5 Å². The molecule has 0 spiro atoms. The van der Waals surface area contributed by atoms with Gasteiger partial charge in [-0.25, -0.2) is 8.42 Å². The number of benzene rings is 1. The minimum absolute atomic E-state index is 0.0571. The van der Waals surface area contributed by atoms with Crippen LogP contribution in [-0.2, 0) is 21.2 Å². The van der Waals surface area contributed by atoms with E-state index in [1.165, 1.54) is 16.4 Å². The number of rotatable bonds is 9. The van der Waals surface area contributed by atoms with Gasteiger partial charge in [-0.1, -0.05) is 25.1 Å². The second kappa shape index (κ2) is 9.56. The summed E-state index contributed by atoms with van der Waals surface area (Å²) in [6, 6.07) is 4.84. The number of halogens is 3. The van der Waals surface area contributed by atoms with Crippen molar-refractivity contribution in [2.75, 3.05) is 6.54 Å². The summed E-state index contributed by atoms with van der Waals surface area (Å²) in [5.41, 5.74) is 4.78. The Morgan fingerprint density at radius 3 is 2.52 bits per heavy atom. The molecule has 1 aliphatic rings. The second-order valence-corrected chi connectivity index (χ2v) is 10.1. The van der Waals surface area contributed by atoms with E-state index in [0.29, 0.717) is 19.0 Å². The van der Waals surface area contributed by atoms with Crippen LogP contribution in [-0.4, -0.2) is 37.3 Å². The van der Waals surface area contributed by atoms with Gasteiger partial charge in [-0.15, -0.1) is 0 Å². The van der Waals surface area contributed by atoms with Gasteiger partial charge in [0.15, 0.2) is 0 Å². The highest BCUT2D eigenvalue weighted by Gasteiger charge is 2.37. The minimum atomic E-state index is -4.58. The first-order valence-corrected chi connectivity index (χ1v) is 11.6. The van der Waals surface area contributed by atoms with Crippen molar-refractivity contribution in [3.05, 3.63) is 53.3 Å². The molecule has 1 aromatic carbocycles. The van der Waals surface area contributed by atoms with Crippen molar-refractivity contribution in [2.45, 2.75) is 69.0 Å². The van der Waals surface area contributed by atoms with E-state index in [9.17, 15) is 26.4 Å². The standard InChI is InChI=1S/C22H29F3N2O3S/c1-4-12-27(21(2,3)11-5-6-18(14-26)22(23,24)25)31(29,30)19-10-9-16-7-8-17(15-28)20(16)13-19/h5-6,9-10,13-15,17H,4,7-8,11-12,26H2,1-3H3/b6-5-,18-14+. The third-order valence-corrected chi connectivity index (χ3v) is 7.62. The Morgan fingerprint density at radius 1 is 1.29 bits per heavy atom. The summed E-state index contributed by atoms with van der Waals surface area (Å²) in [5, 5.41) is 0. The van der Waals surface area contributed by atoms with Crippen molar-refractivity contribution in [3.63, 3.8) is 0 Å². The van der Waals surface area contributed by atoms with Crippen LogP contribution in [0.15, 0.2) is 47.0 Å². The van der Waals surface area contributed by atoms with Crippen molar-refractivity contribution in [3.8, 4) is 0 Å². The van der Waals surface area contributed by atoms with Crippen LogP contribution in [0.1, 0.15) is 57.1 Å². The number of allylic oxidation sites excluding steroid dienone is 2. The highest BCUT2D eigenvalue weighted by atomic mass is 32.2. The van der Waals surface area contributed by atoms with E-state index in [2.05, 4.69) is 0 Å². The van der Waals surface area contributed by atoms with E-state index in [4.69, 9.17) is 5.73 Å². The number of carbonyl (C=O) groups excluding carboxylic acids is 1. The fourth-order valence-electron chi connectivity index (χ4n) is 3.81. The van der Waals surface area contributed by atoms with Crippen LogP contribution < -0.4 is 5.73 Å². The van der Waals surface area contributed by atoms with Crippen LogP contribution in [0.5, 0.6) is 0 Å². The zero-order valence-corrected chi connectivity index (χ0v) is 18.8. The van der Waals surface area contributed by atoms with E-state index < -0.39 is 27.3 Å². The molecule has 2 N–H and O–H groups in total. The van der Waals surface area contributed by atoms with E-state index in [-0.39, 0.29) is 23.8 Å². The maximum absolute atomic E-state index is 13.5. The number of nitrogens with zero attached hydrogens (tertiary/aromatic N) is 1. The first-order chi connectivity index (χ1) is 14.4. The van der Waals surface area contributed by atoms with Gasteiger partial charge in [0.2, 0.25) is 10.0 Å². The number of aryl methyl sites for hydroxylation is 1. The number of aldehydes is 1. The molecule has 9 heteroatoms. The number of sulfonamides is 1.